The molecule has 67 heavy (non-hydrogen) atoms. The van der Waals surface area contributed by atoms with Crippen molar-refractivity contribution in [1.29, 1.82) is 0 Å². The van der Waals surface area contributed by atoms with Crippen LogP contribution in [-0.4, -0.2) is 59.2 Å². The Hall–Kier alpha value is -3.40. The molecular formula is C54H85B5N4OS3. The fourth-order valence-corrected chi connectivity index (χ4v) is 6.13. The molecule has 0 spiro atoms. The molecule has 4 aromatic heterocycles. The van der Waals surface area contributed by atoms with Crippen LogP contribution in [0.15, 0.2) is 101 Å². The van der Waals surface area contributed by atoms with E-state index in [0.717, 1.165) is 15.7 Å². The topological polar surface area (TPSA) is 64.7 Å². The maximum Gasteiger partial charge on any atom is 0.197 e. The van der Waals surface area contributed by atoms with Crippen molar-refractivity contribution >= 4 is 109 Å². The van der Waals surface area contributed by atoms with E-state index in [2.05, 4.69) is 224 Å². The molecule has 0 bridgehead atoms. The highest BCUT2D eigenvalue weighted by atomic mass is 32.1. The summed E-state index contributed by atoms with van der Waals surface area (Å²) < 4.78 is 6.95. The average molecular weight is 957 g/mol. The van der Waals surface area contributed by atoms with Gasteiger partial charge in [0.15, 0.2) is 23.5 Å². The fraction of sp³-hybridized carbons (Fsp3) is 0.519. The van der Waals surface area contributed by atoms with Crippen LogP contribution in [0.5, 0.6) is 0 Å². The molecule has 7 rings (SSSR count). The summed E-state index contributed by atoms with van der Waals surface area (Å²) in [5.74, 6) is 0.218. The van der Waals surface area contributed by atoms with Crippen molar-refractivity contribution in [3.05, 3.63) is 113 Å². The second kappa shape index (κ2) is 36.6. The summed E-state index contributed by atoms with van der Waals surface area (Å²) in [6, 6.07) is 25.2. The predicted molar refractivity (Wildman–Crippen MR) is 313 cm³/mol. The summed E-state index contributed by atoms with van der Waals surface area (Å²) in [6.07, 6.45) is 4.60. The van der Waals surface area contributed by atoms with Crippen molar-refractivity contribution in [3.63, 3.8) is 0 Å². The number of hydrogen-bond donors (Lipinski definition) is 0. The van der Waals surface area contributed by atoms with Crippen molar-refractivity contribution in [2.24, 2.45) is 10.8 Å². The van der Waals surface area contributed by atoms with Crippen LogP contribution in [0.4, 0.5) is 0 Å². The van der Waals surface area contributed by atoms with E-state index >= 15 is 0 Å². The number of hydrogen-bond acceptors (Lipinski definition) is 8. The molecule has 0 aliphatic carbocycles. The van der Waals surface area contributed by atoms with Gasteiger partial charge < -0.3 is 4.42 Å². The molecule has 5 nitrogen and oxygen atoms in total. The maximum atomic E-state index is 5.66. The largest absolute Gasteiger partial charge is 0.461 e. The van der Waals surface area contributed by atoms with Gasteiger partial charge >= 0.3 is 0 Å². The van der Waals surface area contributed by atoms with Crippen LogP contribution in [-0.2, 0) is 16.2 Å². The summed E-state index contributed by atoms with van der Waals surface area (Å²) in [6.45, 7) is 48.4. The van der Waals surface area contributed by atoms with Gasteiger partial charge in [-0.15, -0.1) is 34.0 Å². The Bertz CT molecular complexity index is 2060. The second-order valence-corrected chi connectivity index (χ2v) is 23.1. The van der Waals surface area contributed by atoms with Gasteiger partial charge in [-0.1, -0.05) is 208 Å². The molecule has 7 aromatic rings. The fourth-order valence-electron chi connectivity index (χ4n) is 4.01. The Kier molecular flexibility index (Phi) is 38.3. The SMILES string of the molecule is CC.CC.CC(C)(C)C.CC(C)(C)C.CC(C)(C)c1ccccc1.CC(C)(C)c1nc2ccccc2s1.[B]C.[B]C.[B]c1nc2cc(C(C)(C)C)ccc2s1.[B]c1ncco1.[B]c1nccs1. The van der Waals surface area contributed by atoms with E-state index in [4.69, 9.17) is 23.5 Å². The average Bonchev–Trinajstić information content (AvgIpc) is 4.08. The Morgan fingerprint density at radius 3 is 1.25 bits per heavy atom. The van der Waals surface area contributed by atoms with Crippen molar-refractivity contribution in [2.45, 2.75) is 175 Å². The molecule has 0 amide bonds. The smallest absolute Gasteiger partial charge is 0.197 e. The quantitative estimate of drug-likeness (QED) is 0.142. The van der Waals surface area contributed by atoms with E-state index in [0.29, 0.717) is 26.1 Å². The first kappa shape index (κ1) is 70.2. The number of fused-ring (bicyclic) bond motifs is 2. The molecule has 0 N–H and O–H groups in total. The van der Waals surface area contributed by atoms with Gasteiger partial charge in [-0.05, 0) is 57.1 Å². The standard InChI is InChI=1S/C11H12BNS.C11H13NS.C10H14.2C5H12.C3H2BNO.C3H2BNS.2C2H6.2CH3B/c1-11(2,3)7-4-5-9-8(6-7)13-10(12)14-9;1-11(2,3)10-12-8-6-4-5-7-9(8)13-10;1-10(2,3)9-7-5-4-6-8-9;2*1-5(2,3)4;2*4-3-5-1-2-6-3;4*1-2/h4-6H,1-3H3;4-7H,1-3H3;4-8H,1-3H3;2*1-4H3;2*1-2H;2*1-2H3;2*1H3. The minimum absolute atomic E-state index is 0.170. The van der Waals surface area contributed by atoms with Gasteiger partial charge in [0.2, 0.25) is 0 Å². The lowest BCUT2D eigenvalue weighted by Crippen LogP contribution is -2.10. The molecule has 4 heterocycles. The third-order valence-electron chi connectivity index (χ3n) is 6.75. The molecule has 0 aliphatic heterocycles. The Morgan fingerprint density at radius 2 is 0.925 bits per heavy atom. The number of aromatic nitrogens is 4. The number of benzene rings is 3. The number of nitrogens with zero attached hydrogens (tertiary/aromatic N) is 4. The van der Waals surface area contributed by atoms with E-state index in [1.54, 1.807) is 17.5 Å². The van der Waals surface area contributed by atoms with Crippen molar-refractivity contribution in [1.82, 2.24) is 19.9 Å². The highest BCUT2D eigenvalue weighted by molar-refractivity contribution is 7.25. The molecule has 13 heteroatoms. The lowest BCUT2D eigenvalue weighted by atomic mass is 9.87. The van der Waals surface area contributed by atoms with Crippen LogP contribution in [0.1, 0.15) is 162 Å². The molecular weight excluding hydrogens is 871 g/mol. The normalized spacial score (nSPS) is 10.3. The first-order valence-corrected chi connectivity index (χ1v) is 25.5. The monoisotopic (exact) mass is 957 g/mol. The minimum Gasteiger partial charge on any atom is -0.461 e. The predicted octanol–water partition coefficient (Wildman–Crippen LogP) is 14.9. The second-order valence-electron chi connectivity index (χ2n) is 20.1. The molecule has 0 saturated heterocycles. The van der Waals surface area contributed by atoms with E-state index < -0.39 is 0 Å². The van der Waals surface area contributed by atoms with Crippen LogP contribution in [0.2, 0.25) is 13.6 Å². The Morgan fingerprint density at radius 1 is 0.463 bits per heavy atom. The van der Waals surface area contributed by atoms with Gasteiger partial charge in [0.05, 0.1) is 47.3 Å². The number of oxazole rings is 1. The lowest BCUT2D eigenvalue weighted by Gasteiger charge is -2.18. The van der Waals surface area contributed by atoms with Crippen LogP contribution in [0, 0.1) is 10.8 Å². The van der Waals surface area contributed by atoms with Crippen molar-refractivity contribution in [3.8, 4) is 0 Å². The van der Waals surface area contributed by atoms with E-state index in [-0.39, 0.29) is 16.6 Å². The Labute approximate surface area is 430 Å². The first-order chi connectivity index (χ1) is 30.9. The third-order valence-corrected chi connectivity index (χ3v) is 9.68. The number of thiazole rings is 3. The molecule has 0 saturated carbocycles. The molecule has 360 valence electrons. The Balaban J connectivity index is -0.000000348. The zero-order valence-corrected chi connectivity index (χ0v) is 48.5. The first-order valence-electron chi connectivity index (χ1n) is 23.0. The summed E-state index contributed by atoms with van der Waals surface area (Å²) in [5, 5.41) is 3.06. The highest BCUT2D eigenvalue weighted by Gasteiger charge is 2.18. The van der Waals surface area contributed by atoms with Crippen LogP contribution >= 0.6 is 34.0 Å². The minimum atomic E-state index is 0.170. The van der Waals surface area contributed by atoms with Crippen LogP contribution < -0.4 is 15.6 Å². The zero-order valence-electron chi connectivity index (χ0n) is 46.0. The van der Waals surface area contributed by atoms with Crippen molar-refractivity contribution < 1.29 is 4.42 Å². The van der Waals surface area contributed by atoms with Gasteiger partial charge in [-0.25, -0.2) is 9.97 Å². The maximum absolute atomic E-state index is 5.66. The summed E-state index contributed by atoms with van der Waals surface area (Å²) in [5.41, 5.74) is 6.47. The van der Waals surface area contributed by atoms with Crippen LogP contribution in [0.3, 0.4) is 0 Å². The van der Waals surface area contributed by atoms with Crippen LogP contribution in [0.25, 0.3) is 20.4 Å². The van der Waals surface area contributed by atoms with Crippen molar-refractivity contribution in [2.75, 3.05) is 0 Å². The van der Waals surface area contributed by atoms with Gasteiger partial charge in [-0.2, -0.15) is 0 Å². The molecule has 10 radical (unpaired) electrons. The number of rotatable bonds is 0. The van der Waals surface area contributed by atoms with Gasteiger partial charge in [-0.3, -0.25) is 9.97 Å². The summed E-state index contributed by atoms with van der Waals surface area (Å²) >= 11 is 4.78. The molecule has 0 aliphatic rings. The lowest BCUT2D eigenvalue weighted by molar-refractivity contribution is 0.469. The van der Waals surface area contributed by atoms with Gasteiger partial charge in [0, 0.05) is 26.8 Å². The zero-order chi connectivity index (χ0) is 53.2. The van der Waals surface area contributed by atoms with E-state index in [1.807, 2.05) is 39.1 Å². The van der Waals surface area contributed by atoms with E-state index in [9.17, 15) is 0 Å². The molecule has 3 aromatic carbocycles. The molecule has 0 fully saturated rings. The van der Waals surface area contributed by atoms with E-state index in [1.165, 1.54) is 69.6 Å². The van der Waals surface area contributed by atoms with Gasteiger partial charge in [0.1, 0.15) is 12.1 Å². The molecule has 0 atom stereocenters. The summed E-state index contributed by atoms with van der Waals surface area (Å²) in [4.78, 5) is 17.4. The highest BCUT2D eigenvalue weighted by Crippen LogP contribution is 2.31. The van der Waals surface area contributed by atoms with Gasteiger partial charge in [0.25, 0.3) is 0 Å². The summed E-state index contributed by atoms with van der Waals surface area (Å²) in [7, 11) is 24.8. The number of para-hydroxylation sites is 1. The third kappa shape index (κ3) is 39.2. The molecule has 0 unspecified atom stereocenters.